The fourth-order valence-electron chi connectivity index (χ4n) is 1.05. The standard InChI is InChI=1S/C8H7FN2O4/c9-4-1-5(7(12)3-10)8(13)6(2-4)11(14)15/h1-2,13H,3,10H2. The van der Waals surface area contributed by atoms with E-state index in [0.717, 1.165) is 0 Å². The highest BCUT2D eigenvalue weighted by Gasteiger charge is 2.22. The van der Waals surface area contributed by atoms with Crippen LogP contribution in [0.25, 0.3) is 0 Å². The summed E-state index contributed by atoms with van der Waals surface area (Å²) in [6, 6.07) is 1.24. The average Bonchev–Trinajstić information content (AvgIpc) is 2.19. The van der Waals surface area contributed by atoms with Crippen LogP contribution in [0.1, 0.15) is 10.4 Å². The summed E-state index contributed by atoms with van der Waals surface area (Å²) in [5, 5.41) is 19.7. The van der Waals surface area contributed by atoms with Crippen molar-refractivity contribution >= 4 is 11.5 Å². The fraction of sp³-hybridized carbons (Fsp3) is 0.125. The molecular formula is C8H7FN2O4. The van der Waals surface area contributed by atoms with E-state index in [1.54, 1.807) is 0 Å². The summed E-state index contributed by atoms with van der Waals surface area (Å²) in [7, 11) is 0. The van der Waals surface area contributed by atoms with Crippen molar-refractivity contribution in [3.8, 4) is 5.75 Å². The second-order valence-corrected chi connectivity index (χ2v) is 2.71. The number of phenolic OH excluding ortho intramolecular Hbond substituents is 1. The average molecular weight is 214 g/mol. The summed E-state index contributed by atoms with van der Waals surface area (Å²) < 4.78 is 12.9. The highest BCUT2D eigenvalue weighted by Crippen LogP contribution is 2.30. The van der Waals surface area contributed by atoms with E-state index in [-0.39, 0.29) is 0 Å². The summed E-state index contributed by atoms with van der Waals surface area (Å²) in [5.41, 5.74) is 3.66. The van der Waals surface area contributed by atoms with Crippen LogP contribution in [0.3, 0.4) is 0 Å². The van der Waals surface area contributed by atoms with Gasteiger partial charge in [0.2, 0.25) is 5.75 Å². The minimum atomic E-state index is -0.980. The molecule has 0 radical (unpaired) electrons. The van der Waals surface area contributed by atoms with E-state index in [4.69, 9.17) is 5.73 Å². The Hall–Kier alpha value is -2.02. The van der Waals surface area contributed by atoms with Crippen molar-refractivity contribution in [1.82, 2.24) is 0 Å². The maximum Gasteiger partial charge on any atom is 0.314 e. The van der Waals surface area contributed by atoms with Crippen molar-refractivity contribution in [2.45, 2.75) is 0 Å². The largest absolute Gasteiger partial charge is 0.502 e. The molecular weight excluding hydrogens is 207 g/mol. The minimum absolute atomic E-state index is 0.464. The molecule has 0 unspecified atom stereocenters. The molecule has 0 aromatic heterocycles. The third kappa shape index (κ3) is 2.08. The summed E-state index contributed by atoms with van der Waals surface area (Å²) in [6.07, 6.45) is 0. The van der Waals surface area contributed by atoms with Crippen LogP contribution < -0.4 is 5.73 Å². The first kappa shape index (κ1) is 11.1. The molecule has 0 fully saturated rings. The molecule has 1 rings (SSSR count). The van der Waals surface area contributed by atoms with E-state index in [2.05, 4.69) is 0 Å². The first-order chi connectivity index (χ1) is 6.97. The van der Waals surface area contributed by atoms with Crippen molar-refractivity contribution < 1.29 is 19.2 Å². The van der Waals surface area contributed by atoms with Gasteiger partial charge in [-0.1, -0.05) is 0 Å². The predicted octanol–water partition coefficient (Wildman–Crippen LogP) is 0.581. The predicted molar refractivity (Wildman–Crippen MR) is 48.1 cm³/mol. The number of nitrogens with zero attached hydrogens (tertiary/aromatic N) is 1. The SMILES string of the molecule is NCC(=O)c1cc(F)cc([N+](=O)[O-])c1O. The second kappa shape index (κ2) is 4.01. The van der Waals surface area contributed by atoms with Gasteiger partial charge in [0.05, 0.1) is 23.1 Å². The first-order valence-electron chi connectivity index (χ1n) is 3.87. The Morgan fingerprint density at radius 1 is 1.60 bits per heavy atom. The number of halogens is 1. The Labute approximate surface area is 83.3 Å². The van der Waals surface area contributed by atoms with Crippen LogP contribution in [0.2, 0.25) is 0 Å². The molecule has 0 saturated heterocycles. The lowest BCUT2D eigenvalue weighted by Crippen LogP contribution is -2.14. The summed E-state index contributed by atoms with van der Waals surface area (Å²) >= 11 is 0. The fourth-order valence-corrected chi connectivity index (χ4v) is 1.05. The molecule has 0 spiro atoms. The van der Waals surface area contributed by atoms with E-state index in [9.17, 15) is 24.4 Å². The van der Waals surface area contributed by atoms with Gasteiger partial charge in [-0.3, -0.25) is 14.9 Å². The van der Waals surface area contributed by atoms with E-state index in [0.29, 0.717) is 12.1 Å². The summed E-state index contributed by atoms with van der Waals surface area (Å²) in [6.45, 7) is -0.464. The maximum absolute atomic E-state index is 12.9. The lowest BCUT2D eigenvalue weighted by atomic mass is 10.1. The highest BCUT2D eigenvalue weighted by atomic mass is 19.1. The number of carbonyl (C=O) groups excluding carboxylic acids is 1. The maximum atomic E-state index is 12.9. The molecule has 1 aromatic rings. The zero-order valence-corrected chi connectivity index (χ0v) is 7.44. The lowest BCUT2D eigenvalue weighted by molar-refractivity contribution is -0.386. The van der Waals surface area contributed by atoms with E-state index >= 15 is 0 Å². The molecule has 0 heterocycles. The third-order valence-corrected chi connectivity index (χ3v) is 1.74. The summed E-state index contributed by atoms with van der Waals surface area (Å²) in [5.74, 6) is -2.61. The molecule has 15 heavy (non-hydrogen) atoms. The van der Waals surface area contributed by atoms with E-state index in [1.807, 2.05) is 0 Å². The number of phenols is 1. The number of ketones is 1. The van der Waals surface area contributed by atoms with Crippen LogP contribution in [0, 0.1) is 15.9 Å². The van der Waals surface area contributed by atoms with Gasteiger partial charge in [-0.05, 0) is 6.07 Å². The Bertz CT molecular complexity index is 433. The number of nitro benzene ring substituents is 1. The van der Waals surface area contributed by atoms with Crippen molar-refractivity contribution in [3.05, 3.63) is 33.6 Å². The van der Waals surface area contributed by atoms with Gasteiger partial charge in [-0.2, -0.15) is 0 Å². The number of hydrogen-bond donors (Lipinski definition) is 2. The van der Waals surface area contributed by atoms with Gasteiger partial charge in [-0.25, -0.2) is 4.39 Å². The van der Waals surface area contributed by atoms with Gasteiger partial charge in [0.25, 0.3) is 0 Å². The lowest BCUT2D eigenvalue weighted by Gasteiger charge is -2.02. The Kier molecular flexibility index (Phi) is 2.96. The van der Waals surface area contributed by atoms with Gasteiger partial charge in [0, 0.05) is 0 Å². The van der Waals surface area contributed by atoms with Crippen molar-refractivity contribution in [2.24, 2.45) is 5.73 Å². The number of benzene rings is 1. The normalized spacial score (nSPS) is 10.0. The zero-order chi connectivity index (χ0) is 11.6. The molecule has 1 aromatic carbocycles. The Balaban J connectivity index is 3.41. The van der Waals surface area contributed by atoms with E-state index in [1.165, 1.54) is 0 Å². The topological polar surface area (TPSA) is 106 Å². The Morgan fingerprint density at radius 2 is 2.20 bits per heavy atom. The molecule has 6 nitrogen and oxygen atoms in total. The van der Waals surface area contributed by atoms with Crippen LogP contribution >= 0.6 is 0 Å². The number of aromatic hydroxyl groups is 1. The van der Waals surface area contributed by atoms with Gasteiger partial charge in [0.1, 0.15) is 5.82 Å². The molecule has 3 N–H and O–H groups in total. The van der Waals surface area contributed by atoms with Crippen LogP contribution in [0.15, 0.2) is 12.1 Å². The highest BCUT2D eigenvalue weighted by molar-refractivity contribution is 6.00. The molecule has 0 aliphatic rings. The number of nitro groups is 1. The number of Topliss-reactive ketones (excluding diaryl/α,β-unsaturated/α-hetero) is 1. The molecule has 0 aliphatic carbocycles. The number of rotatable bonds is 3. The van der Waals surface area contributed by atoms with Crippen LogP contribution in [0.4, 0.5) is 10.1 Å². The second-order valence-electron chi connectivity index (χ2n) is 2.71. The van der Waals surface area contributed by atoms with Gasteiger partial charge in [0.15, 0.2) is 5.78 Å². The monoisotopic (exact) mass is 214 g/mol. The molecule has 0 bridgehead atoms. The molecule has 0 aliphatic heterocycles. The Morgan fingerprint density at radius 3 is 2.67 bits per heavy atom. The zero-order valence-electron chi connectivity index (χ0n) is 7.44. The van der Waals surface area contributed by atoms with Crippen LogP contribution in [0.5, 0.6) is 5.75 Å². The van der Waals surface area contributed by atoms with Gasteiger partial charge >= 0.3 is 5.69 Å². The van der Waals surface area contributed by atoms with Crippen LogP contribution in [-0.4, -0.2) is 22.4 Å². The smallest absolute Gasteiger partial charge is 0.314 e. The molecule has 80 valence electrons. The molecule has 7 heteroatoms. The minimum Gasteiger partial charge on any atom is -0.502 e. The summed E-state index contributed by atoms with van der Waals surface area (Å²) in [4.78, 5) is 20.5. The third-order valence-electron chi connectivity index (χ3n) is 1.74. The number of carbonyl (C=O) groups is 1. The quantitative estimate of drug-likeness (QED) is 0.434. The van der Waals surface area contributed by atoms with Crippen molar-refractivity contribution in [1.29, 1.82) is 0 Å². The number of hydrogen-bond acceptors (Lipinski definition) is 5. The first-order valence-corrected chi connectivity index (χ1v) is 3.87. The van der Waals surface area contributed by atoms with Crippen LogP contribution in [-0.2, 0) is 0 Å². The van der Waals surface area contributed by atoms with Crippen molar-refractivity contribution in [3.63, 3.8) is 0 Å². The van der Waals surface area contributed by atoms with Crippen molar-refractivity contribution in [2.75, 3.05) is 6.54 Å². The molecule has 0 amide bonds. The molecule has 0 atom stereocenters. The van der Waals surface area contributed by atoms with Gasteiger partial charge < -0.3 is 10.8 Å². The number of nitrogens with two attached hydrogens (primary N) is 1. The van der Waals surface area contributed by atoms with E-state index < -0.39 is 40.1 Å². The molecule has 0 saturated carbocycles. The van der Waals surface area contributed by atoms with Gasteiger partial charge in [-0.15, -0.1) is 0 Å².